The molecule has 0 amide bonds. The normalized spacial score (nSPS) is 40.2. The zero-order valence-electron chi connectivity index (χ0n) is 10.7. The number of hydrogen-bond acceptors (Lipinski definition) is 5. The molecule has 1 saturated heterocycles. The molecular formula is C12H19NO4. The molecule has 2 heterocycles. The SMILES string of the molecule is CCC1OC2OC(C)=NC2C(OC(C)=O)C1C. The van der Waals surface area contributed by atoms with Crippen LogP contribution in [0.5, 0.6) is 0 Å². The Bertz CT molecular complexity index is 341. The van der Waals surface area contributed by atoms with Crippen LogP contribution >= 0.6 is 0 Å². The van der Waals surface area contributed by atoms with Gasteiger partial charge >= 0.3 is 5.97 Å². The summed E-state index contributed by atoms with van der Waals surface area (Å²) in [5, 5.41) is 0. The van der Waals surface area contributed by atoms with Gasteiger partial charge in [-0.1, -0.05) is 13.8 Å². The topological polar surface area (TPSA) is 57.1 Å². The van der Waals surface area contributed by atoms with E-state index in [0.717, 1.165) is 6.42 Å². The predicted molar refractivity (Wildman–Crippen MR) is 61.7 cm³/mol. The first-order valence-electron chi connectivity index (χ1n) is 6.06. The van der Waals surface area contributed by atoms with Crippen molar-refractivity contribution in [2.75, 3.05) is 0 Å². The van der Waals surface area contributed by atoms with E-state index in [1.54, 1.807) is 6.92 Å². The summed E-state index contributed by atoms with van der Waals surface area (Å²) in [6.07, 6.45) is 0.251. The van der Waals surface area contributed by atoms with E-state index < -0.39 is 6.29 Å². The number of esters is 1. The molecule has 2 aliphatic heterocycles. The molecule has 0 aliphatic carbocycles. The van der Waals surface area contributed by atoms with Crippen LogP contribution in [0.15, 0.2) is 4.99 Å². The zero-order chi connectivity index (χ0) is 12.6. The van der Waals surface area contributed by atoms with E-state index in [-0.39, 0.29) is 30.1 Å². The highest BCUT2D eigenvalue weighted by Crippen LogP contribution is 2.34. The van der Waals surface area contributed by atoms with Crippen LogP contribution in [0.4, 0.5) is 0 Å². The van der Waals surface area contributed by atoms with E-state index in [1.807, 2.05) is 6.92 Å². The van der Waals surface area contributed by atoms with Crippen molar-refractivity contribution in [3.8, 4) is 0 Å². The van der Waals surface area contributed by atoms with Crippen molar-refractivity contribution >= 4 is 11.9 Å². The summed E-state index contributed by atoms with van der Waals surface area (Å²) in [5.74, 6) is 0.446. The Morgan fingerprint density at radius 2 is 2.24 bits per heavy atom. The quantitative estimate of drug-likeness (QED) is 0.687. The van der Waals surface area contributed by atoms with Crippen LogP contribution in [0.3, 0.4) is 0 Å². The molecule has 5 unspecified atom stereocenters. The number of rotatable bonds is 2. The van der Waals surface area contributed by atoms with Crippen molar-refractivity contribution in [1.82, 2.24) is 0 Å². The number of nitrogens with zero attached hydrogens (tertiary/aromatic N) is 1. The Kier molecular flexibility index (Phi) is 3.38. The maximum absolute atomic E-state index is 11.2. The van der Waals surface area contributed by atoms with Gasteiger partial charge < -0.3 is 14.2 Å². The van der Waals surface area contributed by atoms with Crippen molar-refractivity contribution in [3.63, 3.8) is 0 Å². The Morgan fingerprint density at radius 1 is 1.53 bits per heavy atom. The Morgan fingerprint density at radius 3 is 2.82 bits per heavy atom. The number of aliphatic imine (C=N–C) groups is 1. The van der Waals surface area contributed by atoms with E-state index in [2.05, 4.69) is 11.9 Å². The van der Waals surface area contributed by atoms with E-state index in [9.17, 15) is 4.79 Å². The van der Waals surface area contributed by atoms with Gasteiger partial charge in [0.1, 0.15) is 6.10 Å². The van der Waals surface area contributed by atoms with E-state index >= 15 is 0 Å². The molecule has 1 fully saturated rings. The molecule has 2 rings (SSSR count). The molecule has 2 aliphatic rings. The Hall–Kier alpha value is -1.10. The lowest BCUT2D eigenvalue weighted by molar-refractivity contribution is -0.214. The van der Waals surface area contributed by atoms with E-state index in [1.165, 1.54) is 6.92 Å². The largest absolute Gasteiger partial charge is 0.460 e. The first kappa shape index (κ1) is 12.4. The molecule has 0 radical (unpaired) electrons. The summed E-state index contributed by atoms with van der Waals surface area (Å²) in [7, 11) is 0. The van der Waals surface area contributed by atoms with Gasteiger partial charge in [0.15, 0.2) is 11.9 Å². The smallest absolute Gasteiger partial charge is 0.302 e. The third-order valence-electron chi connectivity index (χ3n) is 3.35. The van der Waals surface area contributed by atoms with Gasteiger partial charge in [0.25, 0.3) is 0 Å². The molecule has 0 N–H and O–H groups in total. The second kappa shape index (κ2) is 4.64. The summed E-state index contributed by atoms with van der Waals surface area (Å²) < 4.78 is 16.7. The Labute approximate surface area is 101 Å². The highest BCUT2D eigenvalue weighted by Gasteiger charge is 2.49. The molecule has 5 nitrogen and oxygen atoms in total. The maximum Gasteiger partial charge on any atom is 0.302 e. The second-order valence-corrected chi connectivity index (χ2v) is 4.64. The summed E-state index contributed by atoms with van der Waals surface area (Å²) in [6.45, 7) is 7.29. The average molecular weight is 241 g/mol. The minimum absolute atomic E-state index is 0.0432. The molecule has 0 aromatic carbocycles. The van der Waals surface area contributed by atoms with Crippen molar-refractivity contribution in [1.29, 1.82) is 0 Å². The van der Waals surface area contributed by atoms with Gasteiger partial charge in [-0.05, 0) is 6.42 Å². The number of fused-ring (bicyclic) bond motifs is 1. The summed E-state index contributed by atoms with van der Waals surface area (Å²) in [6, 6.07) is -0.225. The highest BCUT2D eigenvalue weighted by molar-refractivity contribution is 5.75. The van der Waals surface area contributed by atoms with Gasteiger partial charge in [-0.25, -0.2) is 4.99 Å². The minimum Gasteiger partial charge on any atom is -0.460 e. The zero-order valence-corrected chi connectivity index (χ0v) is 10.7. The van der Waals surface area contributed by atoms with Crippen molar-refractivity contribution in [3.05, 3.63) is 0 Å². The number of hydrogen-bond donors (Lipinski definition) is 0. The fraction of sp³-hybridized carbons (Fsp3) is 0.833. The van der Waals surface area contributed by atoms with Gasteiger partial charge in [-0.2, -0.15) is 0 Å². The molecule has 0 aromatic rings. The van der Waals surface area contributed by atoms with Gasteiger partial charge in [0, 0.05) is 19.8 Å². The fourth-order valence-electron chi connectivity index (χ4n) is 2.53. The van der Waals surface area contributed by atoms with Gasteiger partial charge in [0.2, 0.25) is 6.29 Å². The standard InChI is InChI=1S/C12H19NO4/c1-5-9-6(2)11(16-8(4)14)10-12(17-9)15-7(3)13-10/h6,9-12H,5H2,1-4H3. The molecule has 5 atom stereocenters. The molecule has 0 spiro atoms. The summed E-state index contributed by atoms with van der Waals surface area (Å²) in [4.78, 5) is 15.5. The molecule has 0 bridgehead atoms. The van der Waals surface area contributed by atoms with Crippen molar-refractivity contribution in [2.24, 2.45) is 10.9 Å². The molecule has 0 saturated carbocycles. The Balaban J connectivity index is 2.19. The molecule has 17 heavy (non-hydrogen) atoms. The van der Waals surface area contributed by atoms with Gasteiger partial charge in [-0.3, -0.25) is 4.79 Å². The van der Waals surface area contributed by atoms with Crippen LogP contribution in [-0.2, 0) is 19.0 Å². The van der Waals surface area contributed by atoms with Crippen LogP contribution in [0.1, 0.15) is 34.1 Å². The van der Waals surface area contributed by atoms with Crippen LogP contribution in [0, 0.1) is 5.92 Å². The molecule has 96 valence electrons. The number of ether oxygens (including phenoxy) is 3. The number of carbonyl (C=O) groups excluding carboxylic acids is 1. The minimum atomic E-state index is -0.402. The summed E-state index contributed by atoms with van der Waals surface area (Å²) >= 11 is 0. The number of carbonyl (C=O) groups is 1. The third-order valence-corrected chi connectivity index (χ3v) is 3.35. The molecular weight excluding hydrogens is 222 g/mol. The van der Waals surface area contributed by atoms with Crippen molar-refractivity contribution in [2.45, 2.75) is 58.7 Å². The molecule has 5 heteroatoms. The van der Waals surface area contributed by atoms with Crippen LogP contribution in [0.25, 0.3) is 0 Å². The highest BCUT2D eigenvalue weighted by atomic mass is 16.7. The fourth-order valence-corrected chi connectivity index (χ4v) is 2.53. The van der Waals surface area contributed by atoms with Crippen LogP contribution < -0.4 is 0 Å². The van der Waals surface area contributed by atoms with Gasteiger partial charge in [0.05, 0.1) is 6.10 Å². The second-order valence-electron chi connectivity index (χ2n) is 4.64. The van der Waals surface area contributed by atoms with Gasteiger partial charge in [-0.15, -0.1) is 0 Å². The van der Waals surface area contributed by atoms with E-state index in [0.29, 0.717) is 5.90 Å². The monoisotopic (exact) mass is 241 g/mol. The first-order chi connectivity index (χ1) is 8.02. The molecule has 0 aromatic heterocycles. The van der Waals surface area contributed by atoms with E-state index in [4.69, 9.17) is 14.2 Å². The lowest BCUT2D eigenvalue weighted by Crippen LogP contribution is -2.53. The first-order valence-corrected chi connectivity index (χ1v) is 6.06. The lowest BCUT2D eigenvalue weighted by atomic mass is 9.88. The van der Waals surface area contributed by atoms with Crippen LogP contribution in [0.2, 0.25) is 0 Å². The van der Waals surface area contributed by atoms with Crippen molar-refractivity contribution < 1.29 is 19.0 Å². The maximum atomic E-state index is 11.2. The predicted octanol–water partition coefficient (Wildman–Crippen LogP) is 1.51. The lowest BCUT2D eigenvalue weighted by Gasteiger charge is -2.40. The average Bonchev–Trinajstić information content (AvgIpc) is 2.62. The summed E-state index contributed by atoms with van der Waals surface area (Å²) in [5.41, 5.74) is 0. The third kappa shape index (κ3) is 2.29. The van der Waals surface area contributed by atoms with Crippen LogP contribution in [-0.4, -0.2) is 36.4 Å².